The van der Waals surface area contributed by atoms with Crippen molar-refractivity contribution >= 4 is 29.1 Å². The van der Waals surface area contributed by atoms with E-state index in [2.05, 4.69) is 0 Å². The summed E-state index contributed by atoms with van der Waals surface area (Å²) in [5.41, 5.74) is 0.662. The fraction of sp³-hybridized carbons (Fsp3) is 0.467. The van der Waals surface area contributed by atoms with Gasteiger partial charge in [0.15, 0.2) is 0 Å². The molecule has 0 bridgehead atoms. The van der Waals surface area contributed by atoms with Gasteiger partial charge in [0.05, 0.1) is 0 Å². The Morgan fingerprint density at radius 3 is 2.55 bits per heavy atom. The van der Waals surface area contributed by atoms with E-state index in [1.165, 1.54) is 18.2 Å². The highest BCUT2D eigenvalue weighted by Crippen LogP contribution is 2.20. The molecule has 1 heterocycles. The second kappa shape index (κ2) is 6.75. The van der Waals surface area contributed by atoms with Crippen LogP contribution in [0.5, 0.6) is 0 Å². The number of rotatable bonds is 3. The Balaban J connectivity index is 2.09. The largest absolute Gasteiger partial charge is 0.341 e. The number of benzene rings is 1. The fourth-order valence-electron chi connectivity index (χ4n) is 2.41. The zero-order valence-electron chi connectivity index (χ0n) is 11.6. The summed E-state index contributed by atoms with van der Waals surface area (Å²) in [7, 11) is 0. The van der Waals surface area contributed by atoms with Crippen LogP contribution in [-0.2, 0) is 9.59 Å². The highest BCUT2D eigenvalue weighted by atomic mass is 35.5. The minimum absolute atomic E-state index is 0.000115. The molecule has 0 aromatic heterocycles. The summed E-state index contributed by atoms with van der Waals surface area (Å²) in [5.74, 6) is -0.155. The molecule has 20 heavy (non-hydrogen) atoms. The number of carbonyl (C=O) groups is 2. The number of hydrogen-bond acceptors (Lipinski definition) is 2. The van der Waals surface area contributed by atoms with Gasteiger partial charge < -0.3 is 9.80 Å². The topological polar surface area (TPSA) is 40.6 Å². The van der Waals surface area contributed by atoms with Gasteiger partial charge in [0.2, 0.25) is 11.8 Å². The third-order valence-corrected chi connectivity index (χ3v) is 3.74. The minimum Gasteiger partial charge on any atom is -0.341 e. The van der Waals surface area contributed by atoms with Gasteiger partial charge in [-0.1, -0.05) is 17.7 Å². The van der Waals surface area contributed by atoms with Crippen molar-refractivity contribution in [2.75, 3.05) is 24.5 Å². The molecule has 0 saturated carbocycles. The maximum Gasteiger partial charge on any atom is 0.242 e. The van der Waals surface area contributed by atoms with Crippen LogP contribution < -0.4 is 4.90 Å². The Kier molecular flexibility index (Phi) is 5.01. The molecule has 1 saturated heterocycles. The molecular formula is C15H19ClN2O2. The number of likely N-dealkylation sites (tertiary alicyclic amines) is 1. The lowest BCUT2D eigenvalue weighted by Crippen LogP contribution is -2.44. The third kappa shape index (κ3) is 3.73. The molecule has 0 N–H and O–H groups in total. The van der Waals surface area contributed by atoms with Crippen molar-refractivity contribution in [3.63, 3.8) is 0 Å². The molecular weight excluding hydrogens is 276 g/mol. The molecule has 108 valence electrons. The van der Waals surface area contributed by atoms with E-state index in [0.717, 1.165) is 25.9 Å². The van der Waals surface area contributed by atoms with Gasteiger partial charge in [-0.2, -0.15) is 0 Å². The molecule has 0 aliphatic carbocycles. The SMILES string of the molecule is CC(=O)N(CC(=O)N1CCCCC1)c1cccc(Cl)c1. The van der Waals surface area contributed by atoms with E-state index in [1.807, 2.05) is 4.90 Å². The lowest BCUT2D eigenvalue weighted by atomic mass is 10.1. The summed E-state index contributed by atoms with van der Waals surface area (Å²) in [6, 6.07) is 7.01. The zero-order chi connectivity index (χ0) is 14.5. The van der Waals surface area contributed by atoms with Crippen molar-refractivity contribution in [3.05, 3.63) is 29.3 Å². The van der Waals surface area contributed by atoms with Crippen LogP contribution in [0.1, 0.15) is 26.2 Å². The molecule has 4 nitrogen and oxygen atoms in total. The van der Waals surface area contributed by atoms with Gasteiger partial charge in [0.25, 0.3) is 0 Å². The standard InChI is InChI=1S/C15H19ClN2O2/c1-12(19)18(14-7-5-6-13(16)10-14)11-15(20)17-8-3-2-4-9-17/h5-7,10H,2-4,8-9,11H2,1H3. The van der Waals surface area contributed by atoms with Crippen molar-refractivity contribution in [3.8, 4) is 0 Å². The minimum atomic E-state index is -0.155. The summed E-state index contributed by atoms with van der Waals surface area (Å²) in [4.78, 5) is 27.4. The number of nitrogens with zero attached hydrogens (tertiary/aromatic N) is 2. The highest BCUT2D eigenvalue weighted by molar-refractivity contribution is 6.30. The molecule has 0 radical (unpaired) electrons. The average molecular weight is 295 g/mol. The van der Waals surface area contributed by atoms with E-state index in [0.29, 0.717) is 10.7 Å². The number of anilines is 1. The maximum atomic E-state index is 12.3. The average Bonchev–Trinajstić information content (AvgIpc) is 2.45. The molecule has 2 amide bonds. The Bertz CT molecular complexity index is 498. The highest BCUT2D eigenvalue weighted by Gasteiger charge is 2.21. The molecule has 2 rings (SSSR count). The molecule has 0 spiro atoms. The van der Waals surface area contributed by atoms with E-state index in [-0.39, 0.29) is 18.4 Å². The van der Waals surface area contributed by atoms with E-state index in [9.17, 15) is 9.59 Å². The number of halogens is 1. The summed E-state index contributed by atoms with van der Waals surface area (Å²) >= 11 is 5.95. The van der Waals surface area contributed by atoms with Crippen molar-refractivity contribution in [1.29, 1.82) is 0 Å². The Hall–Kier alpha value is -1.55. The van der Waals surface area contributed by atoms with Gasteiger partial charge in [-0.25, -0.2) is 0 Å². The zero-order valence-corrected chi connectivity index (χ0v) is 12.4. The first kappa shape index (κ1) is 14.9. The molecule has 1 fully saturated rings. The van der Waals surface area contributed by atoms with Crippen LogP contribution in [0, 0.1) is 0 Å². The number of hydrogen-bond donors (Lipinski definition) is 0. The molecule has 0 unspecified atom stereocenters. The molecule has 1 aliphatic rings. The van der Waals surface area contributed by atoms with Crippen LogP contribution in [0.15, 0.2) is 24.3 Å². The second-order valence-corrected chi connectivity index (χ2v) is 5.46. The predicted octanol–water partition coefficient (Wildman–Crippen LogP) is 2.71. The molecule has 1 aromatic rings. The van der Waals surface area contributed by atoms with Gasteiger partial charge in [-0.15, -0.1) is 0 Å². The summed E-state index contributed by atoms with van der Waals surface area (Å²) in [5, 5.41) is 0.555. The first-order chi connectivity index (χ1) is 9.58. The van der Waals surface area contributed by atoms with Gasteiger partial charge >= 0.3 is 0 Å². The van der Waals surface area contributed by atoms with Crippen LogP contribution in [0.2, 0.25) is 5.02 Å². The van der Waals surface area contributed by atoms with Gasteiger partial charge in [-0.05, 0) is 37.5 Å². The van der Waals surface area contributed by atoms with Crippen molar-refractivity contribution in [2.24, 2.45) is 0 Å². The van der Waals surface area contributed by atoms with E-state index >= 15 is 0 Å². The van der Waals surface area contributed by atoms with Crippen LogP contribution in [0.4, 0.5) is 5.69 Å². The Morgan fingerprint density at radius 1 is 1.25 bits per heavy atom. The van der Waals surface area contributed by atoms with Crippen LogP contribution >= 0.6 is 11.6 Å². The fourth-order valence-corrected chi connectivity index (χ4v) is 2.59. The smallest absolute Gasteiger partial charge is 0.242 e. The lowest BCUT2D eigenvalue weighted by Gasteiger charge is -2.29. The Morgan fingerprint density at radius 2 is 1.95 bits per heavy atom. The van der Waals surface area contributed by atoms with Crippen molar-refractivity contribution in [1.82, 2.24) is 4.90 Å². The summed E-state index contributed by atoms with van der Waals surface area (Å²) in [6.45, 7) is 3.13. The van der Waals surface area contributed by atoms with Gasteiger partial charge in [-0.3, -0.25) is 9.59 Å². The van der Waals surface area contributed by atoms with Crippen LogP contribution in [0.25, 0.3) is 0 Å². The number of amides is 2. The first-order valence-corrected chi connectivity index (χ1v) is 7.27. The van der Waals surface area contributed by atoms with E-state index < -0.39 is 0 Å². The van der Waals surface area contributed by atoms with E-state index in [4.69, 9.17) is 11.6 Å². The van der Waals surface area contributed by atoms with Gasteiger partial charge in [0.1, 0.15) is 6.54 Å². The quantitative estimate of drug-likeness (QED) is 0.860. The van der Waals surface area contributed by atoms with Gasteiger partial charge in [0, 0.05) is 30.7 Å². The second-order valence-electron chi connectivity index (χ2n) is 5.03. The van der Waals surface area contributed by atoms with Crippen LogP contribution in [-0.4, -0.2) is 36.3 Å². The van der Waals surface area contributed by atoms with Crippen LogP contribution in [0.3, 0.4) is 0 Å². The summed E-state index contributed by atoms with van der Waals surface area (Å²) < 4.78 is 0. The maximum absolute atomic E-state index is 12.3. The summed E-state index contributed by atoms with van der Waals surface area (Å²) in [6.07, 6.45) is 3.26. The molecule has 1 aliphatic heterocycles. The van der Waals surface area contributed by atoms with Crippen molar-refractivity contribution in [2.45, 2.75) is 26.2 Å². The number of piperidine rings is 1. The number of carbonyl (C=O) groups excluding carboxylic acids is 2. The van der Waals surface area contributed by atoms with Crippen molar-refractivity contribution < 1.29 is 9.59 Å². The lowest BCUT2D eigenvalue weighted by molar-refractivity contribution is -0.132. The monoisotopic (exact) mass is 294 g/mol. The Labute approximate surface area is 124 Å². The first-order valence-electron chi connectivity index (χ1n) is 6.89. The predicted molar refractivity (Wildman–Crippen MR) is 79.9 cm³/mol. The molecule has 1 aromatic carbocycles. The van der Waals surface area contributed by atoms with E-state index in [1.54, 1.807) is 24.3 Å². The normalized spacial score (nSPS) is 15.0. The third-order valence-electron chi connectivity index (χ3n) is 3.50. The molecule has 0 atom stereocenters. The molecule has 5 heteroatoms.